The van der Waals surface area contributed by atoms with Crippen molar-refractivity contribution in [2.75, 3.05) is 7.11 Å². The Balaban J connectivity index is 3.03. The SMILES string of the molecule is COCn1cc(CO)nc1C(=O)C(F)F. The highest BCUT2D eigenvalue weighted by atomic mass is 19.3. The summed E-state index contributed by atoms with van der Waals surface area (Å²) in [6.07, 6.45) is -1.83. The van der Waals surface area contributed by atoms with E-state index in [1.165, 1.54) is 13.3 Å². The zero-order chi connectivity index (χ0) is 11.4. The Kier molecular flexibility index (Phi) is 3.87. The minimum absolute atomic E-state index is 0.0687. The zero-order valence-electron chi connectivity index (χ0n) is 7.98. The predicted molar refractivity (Wildman–Crippen MR) is 45.5 cm³/mol. The Morgan fingerprint density at radius 2 is 2.40 bits per heavy atom. The molecule has 1 heterocycles. The molecule has 0 saturated heterocycles. The van der Waals surface area contributed by atoms with Crippen LogP contribution in [0.15, 0.2) is 6.20 Å². The molecule has 5 nitrogen and oxygen atoms in total. The van der Waals surface area contributed by atoms with Gasteiger partial charge in [-0.2, -0.15) is 0 Å². The molecule has 84 valence electrons. The molecule has 1 aromatic rings. The average Bonchev–Trinajstić information content (AvgIpc) is 2.60. The van der Waals surface area contributed by atoms with Crippen LogP contribution in [-0.4, -0.2) is 34.0 Å². The highest BCUT2D eigenvalue weighted by molar-refractivity contribution is 5.95. The number of imidazole rings is 1. The van der Waals surface area contributed by atoms with Crippen molar-refractivity contribution in [3.8, 4) is 0 Å². The number of nitrogens with zero attached hydrogens (tertiary/aromatic N) is 2. The van der Waals surface area contributed by atoms with Gasteiger partial charge in [-0.25, -0.2) is 13.8 Å². The number of hydrogen-bond acceptors (Lipinski definition) is 4. The fraction of sp³-hybridized carbons (Fsp3) is 0.500. The van der Waals surface area contributed by atoms with Gasteiger partial charge in [-0.15, -0.1) is 0 Å². The summed E-state index contributed by atoms with van der Waals surface area (Å²) in [6.45, 7) is -0.485. The van der Waals surface area contributed by atoms with Gasteiger partial charge in [0.2, 0.25) is 0 Å². The molecule has 0 fully saturated rings. The lowest BCUT2D eigenvalue weighted by Crippen LogP contribution is -2.17. The van der Waals surface area contributed by atoms with Gasteiger partial charge in [0.25, 0.3) is 5.78 Å². The number of carbonyl (C=O) groups is 1. The fourth-order valence-electron chi connectivity index (χ4n) is 1.08. The van der Waals surface area contributed by atoms with E-state index in [-0.39, 0.29) is 12.4 Å². The van der Waals surface area contributed by atoms with Gasteiger partial charge in [0.05, 0.1) is 12.3 Å². The number of halogens is 2. The van der Waals surface area contributed by atoms with Gasteiger partial charge in [-0.3, -0.25) is 4.79 Å². The van der Waals surface area contributed by atoms with Gasteiger partial charge in [0.1, 0.15) is 6.73 Å². The van der Waals surface area contributed by atoms with Crippen molar-refractivity contribution >= 4 is 5.78 Å². The van der Waals surface area contributed by atoms with E-state index in [0.29, 0.717) is 0 Å². The molecule has 0 radical (unpaired) electrons. The number of methoxy groups -OCH3 is 1. The molecule has 0 aromatic carbocycles. The minimum atomic E-state index is -3.12. The lowest BCUT2D eigenvalue weighted by molar-refractivity contribution is 0.0640. The molecule has 0 amide bonds. The quantitative estimate of drug-likeness (QED) is 0.731. The number of Topliss-reactive ketones (excluding diaryl/α,β-unsaturated/α-hetero) is 1. The van der Waals surface area contributed by atoms with Crippen molar-refractivity contribution in [1.82, 2.24) is 9.55 Å². The normalized spacial score (nSPS) is 11.0. The summed E-state index contributed by atoms with van der Waals surface area (Å²) in [6, 6.07) is 0. The molecule has 0 unspecified atom stereocenters. The maximum absolute atomic E-state index is 12.1. The zero-order valence-corrected chi connectivity index (χ0v) is 7.98. The third-order valence-electron chi connectivity index (χ3n) is 1.68. The maximum Gasteiger partial charge on any atom is 0.303 e. The number of aliphatic hydroxyl groups is 1. The Morgan fingerprint density at radius 1 is 1.73 bits per heavy atom. The van der Waals surface area contributed by atoms with Crippen molar-refractivity contribution < 1.29 is 23.4 Å². The molecule has 1 rings (SSSR count). The first-order chi connectivity index (χ1) is 7.10. The molecule has 0 aliphatic heterocycles. The van der Waals surface area contributed by atoms with Gasteiger partial charge >= 0.3 is 6.43 Å². The molecule has 0 aliphatic carbocycles. The van der Waals surface area contributed by atoms with Gasteiger partial charge in [0, 0.05) is 13.3 Å². The van der Waals surface area contributed by atoms with Crippen LogP contribution in [0.5, 0.6) is 0 Å². The Hall–Kier alpha value is -1.34. The van der Waals surface area contributed by atoms with Crippen LogP contribution in [-0.2, 0) is 18.1 Å². The number of carbonyl (C=O) groups excluding carboxylic acids is 1. The summed E-state index contributed by atoms with van der Waals surface area (Å²) in [5.41, 5.74) is 0.149. The van der Waals surface area contributed by atoms with Crippen molar-refractivity contribution in [3.63, 3.8) is 0 Å². The molecular formula is C8H10F2N2O3. The van der Waals surface area contributed by atoms with E-state index in [1.54, 1.807) is 0 Å². The molecule has 0 bridgehead atoms. The largest absolute Gasteiger partial charge is 0.390 e. The fourth-order valence-corrected chi connectivity index (χ4v) is 1.08. The second-order valence-electron chi connectivity index (χ2n) is 2.77. The third-order valence-corrected chi connectivity index (χ3v) is 1.68. The molecule has 0 saturated carbocycles. The van der Waals surface area contributed by atoms with Crippen molar-refractivity contribution in [1.29, 1.82) is 0 Å². The first-order valence-corrected chi connectivity index (χ1v) is 4.08. The average molecular weight is 220 g/mol. The summed E-state index contributed by atoms with van der Waals surface area (Å²) < 4.78 is 30.1. The lowest BCUT2D eigenvalue weighted by Gasteiger charge is -2.03. The van der Waals surface area contributed by atoms with E-state index >= 15 is 0 Å². The Bertz CT molecular complexity index is 352. The summed E-state index contributed by atoms with van der Waals surface area (Å²) in [4.78, 5) is 14.6. The minimum Gasteiger partial charge on any atom is -0.390 e. The number of alkyl halides is 2. The maximum atomic E-state index is 12.1. The van der Waals surface area contributed by atoms with Crippen LogP contribution in [0, 0.1) is 0 Å². The van der Waals surface area contributed by atoms with E-state index in [0.717, 1.165) is 4.57 Å². The van der Waals surface area contributed by atoms with E-state index in [2.05, 4.69) is 4.98 Å². The highest BCUT2D eigenvalue weighted by Gasteiger charge is 2.23. The van der Waals surface area contributed by atoms with Crippen LogP contribution >= 0.6 is 0 Å². The smallest absolute Gasteiger partial charge is 0.303 e. The Morgan fingerprint density at radius 3 is 2.87 bits per heavy atom. The van der Waals surface area contributed by atoms with Crippen molar-refractivity contribution in [2.24, 2.45) is 0 Å². The number of hydrogen-bond donors (Lipinski definition) is 1. The van der Waals surface area contributed by atoms with Crippen molar-refractivity contribution in [2.45, 2.75) is 19.8 Å². The molecule has 0 aliphatic rings. The Labute approximate surface area is 84.3 Å². The third kappa shape index (κ3) is 2.57. The first-order valence-electron chi connectivity index (χ1n) is 4.08. The second kappa shape index (κ2) is 4.94. The standard InChI is InChI=1S/C8H10F2N2O3/c1-15-4-12-2-5(3-13)11-8(12)6(14)7(9)10/h2,7,13H,3-4H2,1H3. The molecule has 0 spiro atoms. The highest BCUT2D eigenvalue weighted by Crippen LogP contribution is 2.09. The molecule has 0 atom stereocenters. The van der Waals surface area contributed by atoms with Crippen LogP contribution < -0.4 is 0 Å². The lowest BCUT2D eigenvalue weighted by atomic mass is 10.4. The summed E-state index contributed by atoms with van der Waals surface area (Å²) >= 11 is 0. The number of rotatable bonds is 5. The number of ether oxygens (including phenoxy) is 1. The van der Waals surface area contributed by atoms with Gasteiger partial charge in [0.15, 0.2) is 5.82 Å². The monoisotopic (exact) mass is 220 g/mol. The first kappa shape index (κ1) is 11.7. The summed E-state index contributed by atoms with van der Waals surface area (Å²) in [7, 11) is 1.36. The number of aliphatic hydroxyl groups excluding tert-OH is 1. The molecule has 7 heteroatoms. The van der Waals surface area contributed by atoms with E-state index in [1.807, 2.05) is 0 Å². The number of ketones is 1. The van der Waals surface area contributed by atoms with E-state index in [4.69, 9.17) is 9.84 Å². The van der Waals surface area contributed by atoms with Gasteiger partial charge in [-0.1, -0.05) is 0 Å². The summed E-state index contributed by atoms with van der Waals surface area (Å²) in [5, 5.41) is 8.75. The van der Waals surface area contributed by atoms with Crippen molar-refractivity contribution in [3.05, 3.63) is 17.7 Å². The van der Waals surface area contributed by atoms with Crippen LogP contribution in [0.25, 0.3) is 0 Å². The van der Waals surface area contributed by atoms with Crippen LogP contribution in [0.2, 0.25) is 0 Å². The molecular weight excluding hydrogens is 210 g/mol. The molecule has 1 aromatic heterocycles. The van der Waals surface area contributed by atoms with E-state index in [9.17, 15) is 13.6 Å². The summed E-state index contributed by atoms with van der Waals surface area (Å²) in [5.74, 6) is -1.79. The second-order valence-corrected chi connectivity index (χ2v) is 2.77. The van der Waals surface area contributed by atoms with E-state index < -0.39 is 24.6 Å². The van der Waals surface area contributed by atoms with Gasteiger partial charge < -0.3 is 14.4 Å². The number of aromatic nitrogens is 2. The molecule has 1 N–H and O–H groups in total. The molecule has 15 heavy (non-hydrogen) atoms. The van der Waals surface area contributed by atoms with Crippen LogP contribution in [0.4, 0.5) is 8.78 Å². The topological polar surface area (TPSA) is 64.3 Å². The van der Waals surface area contributed by atoms with Crippen LogP contribution in [0.3, 0.4) is 0 Å². The predicted octanol–water partition coefficient (Wildman–Crippen LogP) is 0.427. The van der Waals surface area contributed by atoms with Gasteiger partial charge in [-0.05, 0) is 0 Å². The van der Waals surface area contributed by atoms with Crippen LogP contribution in [0.1, 0.15) is 16.3 Å².